The summed E-state index contributed by atoms with van der Waals surface area (Å²) in [5.74, 6) is 0.684. The van der Waals surface area contributed by atoms with Crippen LogP contribution in [0.3, 0.4) is 0 Å². The van der Waals surface area contributed by atoms with Gasteiger partial charge in [0, 0.05) is 17.8 Å². The minimum Gasteiger partial charge on any atom is -0.489 e. The quantitative estimate of drug-likeness (QED) is 0.780. The second kappa shape index (κ2) is 7.51. The lowest BCUT2D eigenvalue weighted by Crippen LogP contribution is -2.38. The van der Waals surface area contributed by atoms with E-state index in [4.69, 9.17) is 4.74 Å². The first-order valence-electron chi connectivity index (χ1n) is 8.55. The highest BCUT2D eigenvalue weighted by Gasteiger charge is 2.26. The van der Waals surface area contributed by atoms with Gasteiger partial charge in [0.15, 0.2) is 0 Å². The number of hydrogen-bond donors (Lipinski definition) is 0. The van der Waals surface area contributed by atoms with Crippen LogP contribution in [-0.2, 0) is 6.42 Å². The molecule has 3 nitrogen and oxygen atoms in total. The van der Waals surface area contributed by atoms with Crippen LogP contribution in [0.25, 0.3) is 0 Å². The number of aryl methyl sites for hydroxylation is 1. The maximum atomic E-state index is 12.9. The minimum absolute atomic E-state index is 0.0139. The molecule has 4 heteroatoms. The second-order valence-corrected chi connectivity index (χ2v) is 6.22. The van der Waals surface area contributed by atoms with E-state index in [9.17, 15) is 9.18 Å². The molecule has 1 amide bonds. The molecule has 0 saturated heterocycles. The Hall–Kier alpha value is -2.62. The molecule has 0 aliphatic carbocycles. The number of fused-ring (bicyclic) bond motifs is 1. The standard InChI is InChI=1S/C21H22FNO2/c1-3-16(13-22)14-25-18-8-9-19-17(12-18)10-11-23(21(19)24)20-7-5-4-6-15(20)2/h4-9,12-13H,3,10-11,14H2,1-2H3/b16-13-. The third kappa shape index (κ3) is 3.58. The Morgan fingerprint density at radius 2 is 2.08 bits per heavy atom. The maximum absolute atomic E-state index is 12.9. The smallest absolute Gasteiger partial charge is 0.258 e. The van der Waals surface area contributed by atoms with E-state index in [1.807, 2.05) is 55.1 Å². The van der Waals surface area contributed by atoms with E-state index in [0.717, 1.165) is 23.2 Å². The number of anilines is 1. The second-order valence-electron chi connectivity index (χ2n) is 6.22. The van der Waals surface area contributed by atoms with E-state index >= 15 is 0 Å². The summed E-state index contributed by atoms with van der Waals surface area (Å²) in [6.45, 7) is 4.78. The molecule has 1 heterocycles. The number of para-hydroxylation sites is 1. The van der Waals surface area contributed by atoms with Gasteiger partial charge in [0.1, 0.15) is 12.4 Å². The fraction of sp³-hybridized carbons (Fsp3) is 0.286. The summed E-state index contributed by atoms with van der Waals surface area (Å²) in [5, 5.41) is 0. The number of nitrogens with zero attached hydrogens (tertiary/aromatic N) is 1. The molecule has 1 aliphatic rings. The first-order valence-corrected chi connectivity index (χ1v) is 8.55. The molecule has 0 spiro atoms. The molecule has 0 unspecified atom stereocenters. The Morgan fingerprint density at radius 1 is 1.28 bits per heavy atom. The maximum Gasteiger partial charge on any atom is 0.258 e. The largest absolute Gasteiger partial charge is 0.489 e. The average Bonchev–Trinajstić information content (AvgIpc) is 2.64. The monoisotopic (exact) mass is 339 g/mol. The number of amides is 1. The molecule has 0 atom stereocenters. The van der Waals surface area contributed by atoms with Gasteiger partial charge in [-0.2, -0.15) is 0 Å². The number of hydrogen-bond acceptors (Lipinski definition) is 2. The number of rotatable bonds is 5. The summed E-state index contributed by atoms with van der Waals surface area (Å²) in [5.41, 5.74) is 4.34. The van der Waals surface area contributed by atoms with Gasteiger partial charge < -0.3 is 9.64 Å². The lowest BCUT2D eigenvalue weighted by molar-refractivity contribution is 0.0980. The number of carbonyl (C=O) groups excluding carboxylic acids is 1. The normalized spacial score (nSPS) is 14.4. The number of ether oxygens (including phenoxy) is 1. The van der Waals surface area contributed by atoms with E-state index in [-0.39, 0.29) is 12.5 Å². The van der Waals surface area contributed by atoms with E-state index in [1.165, 1.54) is 0 Å². The first kappa shape index (κ1) is 17.2. The zero-order chi connectivity index (χ0) is 17.8. The van der Waals surface area contributed by atoms with Crippen LogP contribution >= 0.6 is 0 Å². The van der Waals surface area contributed by atoms with Crippen molar-refractivity contribution in [3.05, 3.63) is 71.1 Å². The van der Waals surface area contributed by atoms with Crippen molar-refractivity contribution < 1.29 is 13.9 Å². The van der Waals surface area contributed by atoms with Crippen LogP contribution in [0.4, 0.5) is 10.1 Å². The molecule has 0 bridgehead atoms. The predicted octanol–water partition coefficient (Wildman–Crippen LogP) is 4.84. The summed E-state index contributed by atoms with van der Waals surface area (Å²) in [6.07, 6.45) is 1.99. The van der Waals surface area contributed by atoms with Crippen molar-refractivity contribution in [1.82, 2.24) is 0 Å². The van der Waals surface area contributed by atoms with Crippen molar-refractivity contribution in [2.75, 3.05) is 18.1 Å². The first-order chi connectivity index (χ1) is 12.1. The Balaban J connectivity index is 1.80. The Labute approximate surface area is 147 Å². The van der Waals surface area contributed by atoms with Crippen LogP contribution in [0.1, 0.15) is 34.8 Å². The van der Waals surface area contributed by atoms with Crippen molar-refractivity contribution in [3.8, 4) is 5.75 Å². The molecule has 2 aromatic rings. The van der Waals surface area contributed by atoms with Gasteiger partial charge >= 0.3 is 0 Å². The van der Waals surface area contributed by atoms with Crippen molar-refractivity contribution >= 4 is 11.6 Å². The molecule has 0 radical (unpaired) electrons. The van der Waals surface area contributed by atoms with Gasteiger partial charge in [0.2, 0.25) is 0 Å². The molecular formula is C21H22FNO2. The zero-order valence-corrected chi connectivity index (χ0v) is 14.6. The summed E-state index contributed by atoms with van der Waals surface area (Å²) in [4.78, 5) is 14.7. The molecule has 1 aliphatic heterocycles. The third-order valence-corrected chi connectivity index (χ3v) is 4.60. The fourth-order valence-electron chi connectivity index (χ4n) is 3.04. The lowest BCUT2D eigenvalue weighted by atomic mass is 9.97. The third-order valence-electron chi connectivity index (χ3n) is 4.60. The van der Waals surface area contributed by atoms with Gasteiger partial charge in [-0.15, -0.1) is 0 Å². The van der Waals surface area contributed by atoms with Gasteiger partial charge in [0.25, 0.3) is 5.91 Å². The molecule has 3 rings (SSSR count). The van der Waals surface area contributed by atoms with E-state index in [0.29, 0.717) is 36.2 Å². The molecule has 25 heavy (non-hydrogen) atoms. The summed E-state index contributed by atoms with van der Waals surface area (Å²) >= 11 is 0. The molecule has 130 valence electrons. The van der Waals surface area contributed by atoms with E-state index < -0.39 is 0 Å². The summed E-state index contributed by atoms with van der Waals surface area (Å²) in [6, 6.07) is 13.4. The fourth-order valence-corrected chi connectivity index (χ4v) is 3.04. The molecule has 0 aromatic heterocycles. The number of halogens is 1. The van der Waals surface area contributed by atoms with Crippen LogP contribution in [0.2, 0.25) is 0 Å². The zero-order valence-electron chi connectivity index (χ0n) is 14.6. The number of benzene rings is 2. The van der Waals surface area contributed by atoms with Crippen LogP contribution in [0.5, 0.6) is 5.75 Å². The van der Waals surface area contributed by atoms with E-state index in [2.05, 4.69) is 0 Å². The van der Waals surface area contributed by atoms with Crippen molar-refractivity contribution in [2.24, 2.45) is 0 Å². The highest BCUT2D eigenvalue weighted by atomic mass is 19.1. The Bertz CT molecular complexity index is 813. The minimum atomic E-state index is 0.0139. The SMILES string of the molecule is CC/C(=C/F)COc1ccc2c(c1)CCN(c1ccccc1C)C2=O. The topological polar surface area (TPSA) is 29.5 Å². The summed E-state index contributed by atoms with van der Waals surface area (Å²) < 4.78 is 18.3. The van der Waals surface area contributed by atoms with E-state index in [1.54, 1.807) is 6.07 Å². The molecule has 2 aromatic carbocycles. The van der Waals surface area contributed by atoms with Gasteiger partial charge in [-0.1, -0.05) is 25.1 Å². The molecule has 0 saturated carbocycles. The van der Waals surface area contributed by atoms with Gasteiger partial charge in [-0.3, -0.25) is 4.79 Å². The van der Waals surface area contributed by atoms with Crippen molar-refractivity contribution in [1.29, 1.82) is 0 Å². The summed E-state index contributed by atoms with van der Waals surface area (Å²) in [7, 11) is 0. The number of carbonyl (C=O) groups is 1. The van der Waals surface area contributed by atoms with Gasteiger partial charge in [-0.25, -0.2) is 4.39 Å². The van der Waals surface area contributed by atoms with Crippen LogP contribution in [0, 0.1) is 6.92 Å². The van der Waals surface area contributed by atoms with Gasteiger partial charge in [-0.05, 0) is 60.7 Å². The van der Waals surface area contributed by atoms with Gasteiger partial charge in [0.05, 0.1) is 6.33 Å². The van der Waals surface area contributed by atoms with Crippen molar-refractivity contribution in [2.45, 2.75) is 26.7 Å². The lowest BCUT2D eigenvalue weighted by Gasteiger charge is -2.30. The average molecular weight is 339 g/mol. The van der Waals surface area contributed by atoms with Crippen LogP contribution in [-0.4, -0.2) is 19.1 Å². The van der Waals surface area contributed by atoms with Crippen LogP contribution < -0.4 is 9.64 Å². The Kier molecular flexibility index (Phi) is 5.17. The highest BCUT2D eigenvalue weighted by Crippen LogP contribution is 2.29. The highest BCUT2D eigenvalue weighted by molar-refractivity contribution is 6.08. The predicted molar refractivity (Wildman–Crippen MR) is 98.0 cm³/mol. The Morgan fingerprint density at radius 3 is 2.80 bits per heavy atom. The van der Waals surface area contributed by atoms with Crippen molar-refractivity contribution in [3.63, 3.8) is 0 Å². The van der Waals surface area contributed by atoms with Crippen LogP contribution in [0.15, 0.2) is 54.4 Å². The molecule has 0 fully saturated rings. The molecular weight excluding hydrogens is 317 g/mol. The molecule has 0 N–H and O–H groups in total.